The maximum absolute atomic E-state index is 11.8. The van der Waals surface area contributed by atoms with Crippen LogP contribution in [0.25, 0.3) is 11.0 Å². The Labute approximate surface area is 207 Å². The van der Waals surface area contributed by atoms with Gasteiger partial charge in [-0.3, -0.25) is 4.79 Å². The molecule has 0 fully saturated rings. The van der Waals surface area contributed by atoms with Crippen LogP contribution in [0.3, 0.4) is 0 Å². The van der Waals surface area contributed by atoms with E-state index in [-0.39, 0.29) is 19.6 Å². The predicted molar refractivity (Wildman–Crippen MR) is 135 cm³/mol. The molecule has 0 aliphatic carbocycles. The van der Waals surface area contributed by atoms with E-state index in [2.05, 4.69) is 25.7 Å². The highest BCUT2D eigenvalue weighted by molar-refractivity contribution is 6.18. The van der Waals surface area contributed by atoms with E-state index < -0.39 is 11.9 Å². The highest BCUT2D eigenvalue weighted by Gasteiger charge is 2.13. The van der Waals surface area contributed by atoms with Crippen molar-refractivity contribution in [1.82, 2.24) is 9.55 Å². The Morgan fingerprint density at radius 1 is 1.09 bits per heavy atom. The summed E-state index contributed by atoms with van der Waals surface area (Å²) in [5.74, 6) is 1.81. The molecular formula is C24H37Cl2N3O4. The van der Waals surface area contributed by atoms with Crippen molar-refractivity contribution in [3.05, 3.63) is 24.0 Å². The van der Waals surface area contributed by atoms with Crippen molar-refractivity contribution >= 4 is 51.9 Å². The lowest BCUT2D eigenvalue weighted by molar-refractivity contribution is -0.158. The van der Waals surface area contributed by atoms with Gasteiger partial charge in [0.25, 0.3) is 0 Å². The summed E-state index contributed by atoms with van der Waals surface area (Å²) in [7, 11) is 1.96. The number of alkyl halides is 2. The van der Waals surface area contributed by atoms with Gasteiger partial charge < -0.3 is 18.9 Å². The van der Waals surface area contributed by atoms with Crippen molar-refractivity contribution in [1.29, 1.82) is 0 Å². The number of rotatable bonds is 12. The normalized spacial score (nSPS) is 10.7. The molecule has 9 heteroatoms. The van der Waals surface area contributed by atoms with E-state index >= 15 is 0 Å². The summed E-state index contributed by atoms with van der Waals surface area (Å²) in [6, 6.07) is 6.11. The lowest BCUT2D eigenvalue weighted by Crippen LogP contribution is -2.27. The number of hydrogen-bond acceptors (Lipinski definition) is 6. The monoisotopic (exact) mass is 501 g/mol. The van der Waals surface area contributed by atoms with Gasteiger partial charge in [-0.05, 0) is 37.5 Å². The van der Waals surface area contributed by atoms with Crippen LogP contribution in [0.5, 0.6) is 0 Å². The average molecular weight is 502 g/mol. The highest BCUT2D eigenvalue weighted by atomic mass is 35.5. The van der Waals surface area contributed by atoms with Crippen molar-refractivity contribution < 1.29 is 19.1 Å². The number of nitrogens with zero attached hydrogens (tertiary/aromatic N) is 3. The number of anilines is 1. The molecule has 0 aliphatic heterocycles. The SMILES string of the molecule is CC(C)C.CCOC(=O)COC(=O)CCCc1nc2cc(N(CCCl)CCCl)ccc2n1C. The summed E-state index contributed by atoms with van der Waals surface area (Å²) in [5, 5.41) is 0. The van der Waals surface area contributed by atoms with Crippen molar-refractivity contribution in [2.24, 2.45) is 13.0 Å². The van der Waals surface area contributed by atoms with Crippen LogP contribution < -0.4 is 4.90 Å². The molecule has 1 heterocycles. The Kier molecular flexibility index (Phi) is 13.9. The maximum atomic E-state index is 11.8. The number of halogens is 2. The zero-order valence-corrected chi connectivity index (χ0v) is 21.9. The third-order valence-electron chi connectivity index (χ3n) is 4.47. The second-order valence-electron chi connectivity index (χ2n) is 8.18. The van der Waals surface area contributed by atoms with Gasteiger partial charge in [-0.1, -0.05) is 20.8 Å². The van der Waals surface area contributed by atoms with Gasteiger partial charge in [-0.25, -0.2) is 9.78 Å². The molecule has 0 aliphatic rings. The third-order valence-corrected chi connectivity index (χ3v) is 4.81. The Morgan fingerprint density at radius 2 is 1.73 bits per heavy atom. The van der Waals surface area contributed by atoms with Crippen LogP contribution in [0.1, 0.15) is 46.4 Å². The molecule has 0 bridgehead atoms. The molecule has 1 aromatic heterocycles. The fourth-order valence-corrected chi connectivity index (χ4v) is 3.45. The number of aromatic nitrogens is 2. The van der Waals surface area contributed by atoms with Crippen molar-refractivity contribution in [2.45, 2.75) is 47.0 Å². The van der Waals surface area contributed by atoms with E-state index in [1.165, 1.54) is 0 Å². The number of hydrogen-bond donors (Lipinski definition) is 0. The fraction of sp³-hybridized carbons (Fsp3) is 0.625. The minimum absolute atomic E-state index is 0.215. The quantitative estimate of drug-likeness (QED) is 0.302. The summed E-state index contributed by atoms with van der Waals surface area (Å²) < 4.78 is 11.7. The van der Waals surface area contributed by atoms with Crippen LogP contribution in [0, 0.1) is 5.92 Å². The molecule has 0 atom stereocenters. The van der Waals surface area contributed by atoms with Crippen LogP contribution in [-0.2, 0) is 32.5 Å². The number of carbonyl (C=O) groups is 2. The number of esters is 2. The largest absolute Gasteiger partial charge is 0.463 e. The molecule has 0 unspecified atom stereocenters. The molecule has 0 saturated heterocycles. The molecule has 0 saturated carbocycles. The van der Waals surface area contributed by atoms with Gasteiger partial charge in [-0.15, -0.1) is 23.2 Å². The van der Waals surface area contributed by atoms with E-state index in [0.29, 0.717) is 37.7 Å². The molecule has 1 aromatic carbocycles. The van der Waals surface area contributed by atoms with Crippen LogP contribution in [0.2, 0.25) is 0 Å². The standard InChI is InChI=1S/C20H27Cl2N3O4.C4H10/c1-3-28-20(27)14-29-19(26)6-4-5-18-23-16-13-15(7-8-17(16)24(18)2)25(11-9-21)12-10-22;1-4(2)3/h7-8,13H,3-6,9-12,14H2,1-2H3;4H,1-3H3. The van der Waals surface area contributed by atoms with Gasteiger partial charge in [0, 0.05) is 50.4 Å². The molecule has 0 amide bonds. The maximum Gasteiger partial charge on any atom is 0.344 e. The first-order chi connectivity index (χ1) is 15.7. The molecule has 0 spiro atoms. The molecule has 186 valence electrons. The van der Waals surface area contributed by atoms with Crippen molar-refractivity contribution in [3.8, 4) is 0 Å². The topological polar surface area (TPSA) is 73.7 Å². The molecule has 0 N–H and O–H groups in total. The number of aryl methyl sites for hydroxylation is 2. The minimum Gasteiger partial charge on any atom is -0.463 e. The zero-order valence-electron chi connectivity index (χ0n) is 20.4. The number of fused-ring (bicyclic) bond motifs is 1. The van der Waals surface area contributed by atoms with Crippen molar-refractivity contribution in [3.63, 3.8) is 0 Å². The van der Waals surface area contributed by atoms with Gasteiger partial charge >= 0.3 is 11.9 Å². The summed E-state index contributed by atoms with van der Waals surface area (Å²) in [6.07, 6.45) is 1.42. The number of carbonyl (C=O) groups excluding carboxylic acids is 2. The second kappa shape index (κ2) is 15.8. The Balaban J connectivity index is 0.00000125. The van der Waals surface area contributed by atoms with E-state index in [0.717, 1.165) is 28.5 Å². The smallest absolute Gasteiger partial charge is 0.344 e. The van der Waals surface area contributed by atoms with Crippen LogP contribution in [0.15, 0.2) is 18.2 Å². The van der Waals surface area contributed by atoms with Gasteiger partial charge in [0.05, 0.1) is 17.6 Å². The number of ether oxygens (including phenoxy) is 2. The average Bonchev–Trinajstić information content (AvgIpc) is 3.07. The molecule has 2 aromatic rings. The fourth-order valence-electron chi connectivity index (χ4n) is 3.04. The van der Waals surface area contributed by atoms with E-state index in [1.807, 2.05) is 29.8 Å². The first-order valence-corrected chi connectivity index (χ1v) is 12.4. The van der Waals surface area contributed by atoms with Gasteiger partial charge in [0.2, 0.25) is 0 Å². The van der Waals surface area contributed by atoms with Gasteiger partial charge in [0.1, 0.15) is 5.82 Å². The van der Waals surface area contributed by atoms with E-state index in [1.54, 1.807) is 6.92 Å². The first-order valence-electron chi connectivity index (χ1n) is 11.4. The minimum atomic E-state index is -0.538. The van der Waals surface area contributed by atoms with Gasteiger partial charge in [0.15, 0.2) is 6.61 Å². The highest BCUT2D eigenvalue weighted by Crippen LogP contribution is 2.23. The van der Waals surface area contributed by atoms with Gasteiger partial charge in [-0.2, -0.15) is 0 Å². The van der Waals surface area contributed by atoms with Crippen LogP contribution in [-0.4, -0.2) is 59.6 Å². The van der Waals surface area contributed by atoms with E-state index in [9.17, 15) is 9.59 Å². The number of imidazole rings is 1. The molecular weight excluding hydrogens is 465 g/mol. The Morgan fingerprint density at radius 3 is 2.30 bits per heavy atom. The Hall–Kier alpha value is -1.99. The summed E-state index contributed by atoms with van der Waals surface area (Å²) in [5.41, 5.74) is 2.94. The van der Waals surface area contributed by atoms with Crippen LogP contribution >= 0.6 is 23.2 Å². The summed E-state index contributed by atoms with van der Waals surface area (Å²) in [4.78, 5) is 29.8. The lowest BCUT2D eigenvalue weighted by atomic mass is 10.2. The number of benzene rings is 1. The summed E-state index contributed by atoms with van der Waals surface area (Å²) in [6.45, 7) is 9.55. The van der Waals surface area contributed by atoms with Crippen molar-refractivity contribution in [2.75, 3.05) is 43.0 Å². The summed E-state index contributed by atoms with van der Waals surface area (Å²) >= 11 is 11.8. The van der Waals surface area contributed by atoms with Crippen LogP contribution in [0.4, 0.5) is 5.69 Å². The third kappa shape index (κ3) is 10.7. The second-order valence-corrected chi connectivity index (χ2v) is 8.93. The zero-order chi connectivity index (χ0) is 24.8. The van der Waals surface area contributed by atoms with E-state index in [4.69, 9.17) is 37.7 Å². The predicted octanol–water partition coefficient (Wildman–Crippen LogP) is 4.95. The Bertz CT molecular complexity index is 862. The molecule has 0 radical (unpaired) electrons. The lowest BCUT2D eigenvalue weighted by Gasteiger charge is -2.22. The molecule has 33 heavy (non-hydrogen) atoms. The molecule has 2 rings (SSSR count). The first kappa shape index (κ1) is 29.0. The molecule has 7 nitrogen and oxygen atoms in total.